The second-order valence-corrected chi connectivity index (χ2v) is 7.28. The lowest BCUT2D eigenvalue weighted by atomic mass is 9.93. The summed E-state index contributed by atoms with van der Waals surface area (Å²) in [6.07, 6.45) is 6.93. The van der Waals surface area contributed by atoms with Crippen molar-refractivity contribution in [2.75, 3.05) is 0 Å². The second-order valence-electron chi connectivity index (χ2n) is 6.84. The first kappa shape index (κ1) is 17.9. The van der Waals surface area contributed by atoms with Gasteiger partial charge in [-0.3, -0.25) is 14.5 Å². The van der Waals surface area contributed by atoms with Crippen molar-refractivity contribution in [1.82, 2.24) is 25.4 Å². The zero-order valence-corrected chi connectivity index (χ0v) is 15.9. The fourth-order valence-corrected chi connectivity index (χ4v) is 3.90. The molecule has 1 saturated heterocycles. The fourth-order valence-electron chi connectivity index (χ4n) is 3.65. The monoisotopic (exact) mass is 383 g/mol. The van der Waals surface area contributed by atoms with E-state index in [1.54, 1.807) is 6.20 Å². The lowest BCUT2D eigenvalue weighted by molar-refractivity contribution is -0.123. The van der Waals surface area contributed by atoms with E-state index in [4.69, 9.17) is 11.6 Å². The number of benzene rings is 1. The van der Waals surface area contributed by atoms with Gasteiger partial charge in [0.25, 0.3) is 0 Å². The van der Waals surface area contributed by atoms with Gasteiger partial charge in [-0.25, -0.2) is 0 Å². The van der Waals surface area contributed by atoms with Gasteiger partial charge in [0.15, 0.2) is 0 Å². The largest absolute Gasteiger partial charge is 0.348 e. The SMILES string of the molecule is CCn1cc([C@@H]2NC(=O)CC[C@H]2NCc2cc(Cl)cc3cccnc23)cn1. The number of pyridine rings is 1. The Hall–Kier alpha value is -2.44. The maximum Gasteiger partial charge on any atom is 0.220 e. The van der Waals surface area contributed by atoms with Crippen molar-refractivity contribution < 1.29 is 4.79 Å². The Balaban J connectivity index is 1.56. The van der Waals surface area contributed by atoms with E-state index in [2.05, 4.69) is 20.7 Å². The van der Waals surface area contributed by atoms with Crippen LogP contribution in [0.1, 0.15) is 36.9 Å². The predicted octanol–water partition coefficient (Wildman–Crippen LogP) is 3.21. The Morgan fingerprint density at radius 3 is 3.11 bits per heavy atom. The molecule has 3 aromatic rings. The smallest absolute Gasteiger partial charge is 0.220 e. The van der Waals surface area contributed by atoms with Gasteiger partial charge >= 0.3 is 0 Å². The number of rotatable bonds is 5. The average molecular weight is 384 g/mol. The number of piperidine rings is 1. The number of carbonyl (C=O) groups excluding carboxylic acids is 1. The summed E-state index contributed by atoms with van der Waals surface area (Å²) in [5, 5.41) is 12.8. The van der Waals surface area contributed by atoms with Crippen molar-refractivity contribution in [2.45, 2.75) is 44.9 Å². The van der Waals surface area contributed by atoms with Gasteiger partial charge in [-0.05, 0) is 37.1 Å². The quantitative estimate of drug-likeness (QED) is 0.709. The Morgan fingerprint density at radius 1 is 1.41 bits per heavy atom. The van der Waals surface area contributed by atoms with Gasteiger partial charge in [-0.15, -0.1) is 0 Å². The Labute approximate surface area is 162 Å². The van der Waals surface area contributed by atoms with Crippen LogP contribution >= 0.6 is 11.6 Å². The molecule has 140 valence electrons. The summed E-state index contributed by atoms with van der Waals surface area (Å²) in [6.45, 7) is 3.48. The van der Waals surface area contributed by atoms with Gasteiger partial charge in [0.05, 0.1) is 17.8 Å². The minimum Gasteiger partial charge on any atom is -0.348 e. The van der Waals surface area contributed by atoms with Gasteiger partial charge < -0.3 is 10.6 Å². The zero-order valence-electron chi connectivity index (χ0n) is 15.2. The van der Waals surface area contributed by atoms with E-state index in [0.29, 0.717) is 18.0 Å². The molecular formula is C20H22ClN5O. The van der Waals surface area contributed by atoms with Crippen LogP contribution in [0.4, 0.5) is 0 Å². The van der Waals surface area contributed by atoms with Gasteiger partial charge in [-0.1, -0.05) is 17.7 Å². The highest BCUT2D eigenvalue weighted by molar-refractivity contribution is 6.31. The van der Waals surface area contributed by atoms with Crippen LogP contribution in [0.15, 0.2) is 42.9 Å². The number of hydrogen-bond acceptors (Lipinski definition) is 4. The number of aryl methyl sites for hydroxylation is 1. The van der Waals surface area contributed by atoms with E-state index in [0.717, 1.165) is 35.0 Å². The summed E-state index contributed by atoms with van der Waals surface area (Å²) >= 11 is 6.28. The third kappa shape index (κ3) is 3.82. The summed E-state index contributed by atoms with van der Waals surface area (Å²) in [6, 6.07) is 7.83. The molecule has 2 N–H and O–H groups in total. The highest BCUT2D eigenvalue weighted by atomic mass is 35.5. The van der Waals surface area contributed by atoms with Crippen molar-refractivity contribution in [3.63, 3.8) is 0 Å². The van der Waals surface area contributed by atoms with E-state index in [1.165, 1.54) is 0 Å². The molecule has 4 rings (SSSR count). The number of fused-ring (bicyclic) bond motifs is 1. The number of nitrogens with zero attached hydrogens (tertiary/aromatic N) is 3. The topological polar surface area (TPSA) is 71.8 Å². The van der Waals surface area contributed by atoms with Crippen molar-refractivity contribution in [2.24, 2.45) is 0 Å². The van der Waals surface area contributed by atoms with Crippen LogP contribution in [-0.4, -0.2) is 26.7 Å². The molecule has 2 aromatic heterocycles. The highest BCUT2D eigenvalue weighted by Gasteiger charge is 2.30. The molecule has 1 fully saturated rings. The maximum atomic E-state index is 12.0. The third-order valence-corrected chi connectivity index (χ3v) is 5.26. The molecule has 0 bridgehead atoms. The molecule has 0 aliphatic carbocycles. The minimum atomic E-state index is -0.0926. The number of nitrogens with one attached hydrogen (secondary N) is 2. The predicted molar refractivity (Wildman–Crippen MR) is 105 cm³/mol. The van der Waals surface area contributed by atoms with Crippen LogP contribution < -0.4 is 10.6 Å². The normalized spacial score (nSPS) is 20.0. The molecule has 7 heteroatoms. The van der Waals surface area contributed by atoms with Crippen LogP contribution in [0.2, 0.25) is 5.02 Å². The summed E-state index contributed by atoms with van der Waals surface area (Å²) in [5.41, 5.74) is 3.03. The van der Waals surface area contributed by atoms with Crippen LogP contribution in [0.3, 0.4) is 0 Å². The molecule has 6 nitrogen and oxygen atoms in total. The molecule has 1 aromatic carbocycles. The first-order valence-corrected chi connectivity index (χ1v) is 9.60. The van der Waals surface area contributed by atoms with Crippen molar-refractivity contribution in [3.05, 3.63) is 59.0 Å². The van der Waals surface area contributed by atoms with Gasteiger partial charge in [0.2, 0.25) is 5.91 Å². The second kappa shape index (κ2) is 7.66. The van der Waals surface area contributed by atoms with Gasteiger partial charge in [-0.2, -0.15) is 5.10 Å². The van der Waals surface area contributed by atoms with Crippen molar-refractivity contribution in [3.8, 4) is 0 Å². The molecule has 27 heavy (non-hydrogen) atoms. The number of hydrogen-bond donors (Lipinski definition) is 2. The van der Waals surface area contributed by atoms with Crippen LogP contribution in [-0.2, 0) is 17.9 Å². The van der Waals surface area contributed by atoms with Crippen molar-refractivity contribution in [1.29, 1.82) is 0 Å². The molecule has 0 radical (unpaired) electrons. The minimum absolute atomic E-state index is 0.0807. The Kier molecular flexibility index (Phi) is 5.09. The number of aromatic nitrogens is 3. The number of amides is 1. The highest BCUT2D eigenvalue weighted by Crippen LogP contribution is 2.26. The van der Waals surface area contributed by atoms with Gasteiger partial charge in [0, 0.05) is 53.9 Å². The summed E-state index contributed by atoms with van der Waals surface area (Å²) in [5.74, 6) is 0.0807. The molecule has 1 aliphatic rings. The fraction of sp³-hybridized carbons (Fsp3) is 0.350. The first-order valence-electron chi connectivity index (χ1n) is 9.22. The first-order chi connectivity index (χ1) is 13.1. The third-order valence-electron chi connectivity index (χ3n) is 5.04. The number of carbonyl (C=O) groups is 1. The zero-order chi connectivity index (χ0) is 18.8. The summed E-state index contributed by atoms with van der Waals surface area (Å²) < 4.78 is 1.88. The standard InChI is InChI=1S/C20H22ClN5O/c1-2-26-12-15(11-24-26)20-17(5-6-18(27)25-20)23-10-14-9-16(21)8-13-4-3-7-22-19(13)14/h3-4,7-9,11-12,17,20,23H,2,5-6,10H2,1H3,(H,25,27)/t17-,20+/m1/s1. The molecule has 0 saturated carbocycles. The van der Waals surface area contributed by atoms with E-state index in [-0.39, 0.29) is 18.0 Å². The molecule has 3 heterocycles. The summed E-state index contributed by atoms with van der Waals surface area (Å²) in [7, 11) is 0. The Morgan fingerprint density at radius 2 is 2.30 bits per heavy atom. The molecule has 0 unspecified atom stereocenters. The average Bonchev–Trinajstić information content (AvgIpc) is 3.15. The van der Waals surface area contributed by atoms with E-state index in [9.17, 15) is 4.79 Å². The maximum absolute atomic E-state index is 12.0. The van der Waals surface area contributed by atoms with Crippen molar-refractivity contribution >= 4 is 28.4 Å². The molecule has 0 spiro atoms. The molecular weight excluding hydrogens is 362 g/mol. The lowest BCUT2D eigenvalue weighted by Crippen LogP contribution is -2.48. The molecule has 1 amide bonds. The van der Waals surface area contributed by atoms with E-state index in [1.807, 2.05) is 48.3 Å². The van der Waals surface area contributed by atoms with Gasteiger partial charge in [0.1, 0.15) is 0 Å². The van der Waals surface area contributed by atoms with Crippen LogP contribution in [0.5, 0.6) is 0 Å². The van der Waals surface area contributed by atoms with Crippen LogP contribution in [0, 0.1) is 0 Å². The van der Waals surface area contributed by atoms with E-state index >= 15 is 0 Å². The van der Waals surface area contributed by atoms with Crippen LogP contribution in [0.25, 0.3) is 10.9 Å². The lowest BCUT2D eigenvalue weighted by Gasteiger charge is -2.32. The molecule has 2 atom stereocenters. The number of halogens is 1. The van der Waals surface area contributed by atoms with E-state index < -0.39 is 0 Å². The Bertz CT molecular complexity index is 970. The molecule has 1 aliphatic heterocycles. The summed E-state index contributed by atoms with van der Waals surface area (Å²) in [4.78, 5) is 16.5.